The van der Waals surface area contributed by atoms with Crippen molar-refractivity contribution in [1.29, 1.82) is 0 Å². The minimum absolute atomic E-state index is 0.0570. The highest BCUT2D eigenvalue weighted by Crippen LogP contribution is 2.30. The highest BCUT2D eigenvalue weighted by molar-refractivity contribution is 8.00. The molecule has 1 N–H and O–H groups in total. The van der Waals surface area contributed by atoms with Gasteiger partial charge >= 0.3 is 0 Å². The number of hydrogen-bond donors (Lipinski definition) is 1. The average molecular weight is 483 g/mol. The average Bonchev–Trinajstić information content (AvgIpc) is 3.58. The second-order valence-electron chi connectivity index (χ2n) is 8.47. The number of nitrogens with one attached hydrogen (secondary N) is 1. The molecule has 0 saturated heterocycles. The fraction of sp³-hybridized carbons (Fsp3) is 0.179. The zero-order valence-electron chi connectivity index (χ0n) is 19.4. The fourth-order valence-corrected chi connectivity index (χ4v) is 5.23. The summed E-state index contributed by atoms with van der Waals surface area (Å²) in [4.78, 5) is 32.8. The topological polar surface area (TPSA) is 67.2 Å². The maximum Gasteiger partial charge on any atom is 0.252 e. The standard InChI is InChI=1S/C28H26N4O2S/c1-20(21-10-12-23(13-11-21)31-17-15-29-19-31)30-28(34)24-7-3-5-9-26(24)35-18-27(33)32-16-14-22-6-2-4-8-25(22)32/h2-13,15,17,19-20H,14,16,18H2,1H3,(H,30,34). The van der Waals surface area contributed by atoms with Crippen LogP contribution in [0.3, 0.4) is 0 Å². The molecule has 0 aliphatic carbocycles. The molecule has 4 aromatic rings. The van der Waals surface area contributed by atoms with E-state index in [1.54, 1.807) is 12.5 Å². The molecule has 3 aromatic carbocycles. The molecule has 1 aliphatic heterocycles. The minimum Gasteiger partial charge on any atom is -0.345 e. The highest BCUT2D eigenvalue weighted by atomic mass is 32.2. The molecule has 1 aliphatic rings. The van der Waals surface area contributed by atoms with Gasteiger partial charge in [-0.05, 0) is 54.8 Å². The summed E-state index contributed by atoms with van der Waals surface area (Å²) in [5.74, 6) is 0.184. The molecular weight excluding hydrogens is 456 g/mol. The lowest BCUT2D eigenvalue weighted by atomic mass is 10.1. The van der Waals surface area contributed by atoms with E-state index in [2.05, 4.69) is 16.4 Å². The molecule has 1 unspecified atom stereocenters. The van der Waals surface area contributed by atoms with Crippen LogP contribution in [0, 0.1) is 0 Å². The first-order valence-electron chi connectivity index (χ1n) is 11.6. The van der Waals surface area contributed by atoms with Crippen LogP contribution in [0.25, 0.3) is 5.69 Å². The Labute approximate surface area is 209 Å². The van der Waals surface area contributed by atoms with Crippen LogP contribution in [0.15, 0.2) is 96.4 Å². The van der Waals surface area contributed by atoms with Gasteiger partial charge in [0.25, 0.3) is 5.91 Å². The van der Waals surface area contributed by atoms with E-state index >= 15 is 0 Å². The summed E-state index contributed by atoms with van der Waals surface area (Å²) < 4.78 is 1.93. The van der Waals surface area contributed by atoms with Crippen LogP contribution in [0.4, 0.5) is 5.69 Å². The summed E-state index contributed by atoms with van der Waals surface area (Å²) in [6, 6.07) is 23.3. The quantitative estimate of drug-likeness (QED) is 0.375. The number of thioether (sulfide) groups is 1. The van der Waals surface area contributed by atoms with Crippen molar-refractivity contribution in [3.05, 3.63) is 108 Å². The van der Waals surface area contributed by atoms with Crippen molar-refractivity contribution >= 4 is 29.3 Å². The van der Waals surface area contributed by atoms with Crippen molar-refractivity contribution < 1.29 is 9.59 Å². The molecule has 7 heteroatoms. The molecule has 35 heavy (non-hydrogen) atoms. The zero-order valence-corrected chi connectivity index (χ0v) is 20.2. The number of nitrogens with zero attached hydrogens (tertiary/aromatic N) is 3. The Morgan fingerprint density at radius 2 is 1.80 bits per heavy atom. The number of imidazole rings is 1. The summed E-state index contributed by atoms with van der Waals surface area (Å²) in [5, 5.41) is 3.10. The van der Waals surface area contributed by atoms with E-state index in [1.807, 2.05) is 89.3 Å². The van der Waals surface area contributed by atoms with E-state index in [1.165, 1.54) is 17.3 Å². The smallest absolute Gasteiger partial charge is 0.252 e. The molecule has 1 atom stereocenters. The second-order valence-corrected chi connectivity index (χ2v) is 9.48. The number of rotatable bonds is 7. The molecule has 0 spiro atoms. The Balaban J connectivity index is 1.23. The van der Waals surface area contributed by atoms with Gasteiger partial charge in [-0.3, -0.25) is 9.59 Å². The molecule has 0 radical (unpaired) electrons. The van der Waals surface area contributed by atoms with Crippen molar-refractivity contribution in [2.24, 2.45) is 0 Å². The van der Waals surface area contributed by atoms with Crippen LogP contribution in [-0.2, 0) is 11.2 Å². The molecule has 6 nitrogen and oxygen atoms in total. The van der Waals surface area contributed by atoms with Gasteiger partial charge in [0, 0.05) is 35.2 Å². The number of carbonyl (C=O) groups is 2. The van der Waals surface area contributed by atoms with Crippen LogP contribution in [0.2, 0.25) is 0 Å². The fourth-order valence-electron chi connectivity index (χ4n) is 4.30. The molecule has 5 rings (SSSR count). The molecule has 176 valence electrons. The Hall–Kier alpha value is -3.84. The maximum absolute atomic E-state index is 13.1. The SMILES string of the molecule is CC(NC(=O)c1ccccc1SCC(=O)N1CCc2ccccc21)c1ccc(-n2ccnc2)cc1. The Bertz CT molecular complexity index is 1340. The molecule has 2 amide bonds. The summed E-state index contributed by atoms with van der Waals surface area (Å²) in [6.07, 6.45) is 6.26. The van der Waals surface area contributed by atoms with Gasteiger partial charge in [0.05, 0.1) is 23.7 Å². The predicted molar refractivity (Wildman–Crippen MR) is 139 cm³/mol. The monoisotopic (exact) mass is 482 g/mol. The van der Waals surface area contributed by atoms with Crippen molar-refractivity contribution in [2.75, 3.05) is 17.2 Å². The lowest BCUT2D eigenvalue weighted by Crippen LogP contribution is -2.30. The second kappa shape index (κ2) is 10.2. The van der Waals surface area contributed by atoms with Crippen molar-refractivity contribution in [3.63, 3.8) is 0 Å². The summed E-state index contributed by atoms with van der Waals surface area (Å²) in [5.41, 5.74) is 4.80. The molecule has 1 aromatic heterocycles. The minimum atomic E-state index is -0.167. The van der Waals surface area contributed by atoms with Crippen LogP contribution in [-0.4, -0.2) is 33.7 Å². The first-order valence-corrected chi connectivity index (χ1v) is 12.6. The van der Waals surface area contributed by atoms with Gasteiger partial charge in [-0.2, -0.15) is 0 Å². The number of benzene rings is 3. The van der Waals surface area contributed by atoms with Gasteiger partial charge in [-0.25, -0.2) is 4.98 Å². The predicted octanol–water partition coefficient (Wildman–Crippen LogP) is 5.04. The number of anilines is 1. The van der Waals surface area contributed by atoms with E-state index in [9.17, 15) is 9.59 Å². The highest BCUT2D eigenvalue weighted by Gasteiger charge is 2.24. The van der Waals surface area contributed by atoms with E-state index in [0.29, 0.717) is 12.1 Å². The van der Waals surface area contributed by atoms with Crippen molar-refractivity contribution in [3.8, 4) is 5.69 Å². The molecule has 0 bridgehead atoms. The molecule has 2 heterocycles. The van der Waals surface area contributed by atoms with Gasteiger partial charge in [-0.1, -0.05) is 42.5 Å². The normalized spacial score (nSPS) is 13.3. The molecule has 0 fully saturated rings. The number of carbonyl (C=O) groups excluding carboxylic acids is 2. The van der Waals surface area contributed by atoms with Gasteiger partial charge in [0.15, 0.2) is 0 Å². The van der Waals surface area contributed by atoms with Crippen LogP contribution in [0.1, 0.15) is 34.5 Å². The van der Waals surface area contributed by atoms with Gasteiger partial charge in [0.2, 0.25) is 5.91 Å². The van der Waals surface area contributed by atoms with E-state index in [-0.39, 0.29) is 23.6 Å². The van der Waals surface area contributed by atoms with E-state index in [0.717, 1.165) is 28.3 Å². The first kappa shape index (κ1) is 22.9. The number of amides is 2. The van der Waals surface area contributed by atoms with Gasteiger partial charge in [-0.15, -0.1) is 11.8 Å². The van der Waals surface area contributed by atoms with Crippen molar-refractivity contribution in [2.45, 2.75) is 24.3 Å². The summed E-state index contributed by atoms with van der Waals surface area (Å²) in [6.45, 7) is 2.67. The van der Waals surface area contributed by atoms with Crippen LogP contribution >= 0.6 is 11.8 Å². The molecular formula is C28H26N4O2S. The third-order valence-electron chi connectivity index (χ3n) is 6.21. The summed E-state index contributed by atoms with van der Waals surface area (Å²) >= 11 is 1.41. The van der Waals surface area contributed by atoms with E-state index in [4.69, 9.17) is 0 Å². The Kier molecular flexibility index (Phi) is 6.68. The third-order valence-corrected chi connectivity index (χ3v) is 7.27. The number of para-hydroxylation sites is 1. The maximum atomic E-state index is 13.1. The van der Waals surface area contributed by atoms with E-state index < -0.39 is 0 Å². The zero-order chi connectivity index (χ0) is 24.2. The largest absolute Gasteiger partial charge is 0.345 e. The van der Waals surface area contributed by atoms with Crippen LogP contribution < -0.4 is 10.2 Å². The summed E-state index contributed by atoms with van der Waals surface area (Å²) in [7, 11) is 0. The van der Waals surface area contributed by atoms with Crippen molar-refractivity contribution in [1.82, 2.24) is 14.9 Å². The third kappa shape index (κ3) is 5.00. The molecule has 0 saturated carbocycles. The number of aromatic nitrogens is 2. The lowest BCUT2D eigenvalue weighted by molar-refractivity contribution is -0.116. The number of fused-ring (bicyclic) bond motifs is 1. The first-order chi connectivity index (χ1) is 17.1. The van der Waals surface area contributed by atoms with Gasteiger partial charge < -0.3 is 14.8 Å². The lowest BCUT2D eigenvalue weighted by Gasteiger charge is -2.18. The van der Waals surface area contributed by atoms with Gasteiger partial charge in [0.1, 0.15) is 0 Å². The van der Waals surface area contributed by atoms with Crippen LogP contribution in [0.5, 0.6) is 0 Å². The Morgan fingerprint density at radius 1 is 1.03 bits per heavy atom. The Morgan fingerprint density at radius 3 is 2.60 bits per heavy atom. The number of hydrogen-bond acceptors (Lipinski definition) is 4.